The Morgan fingerprint density at radius 1 is 1.50 bits per heavy atom. The van der Waals surface area contributed by atoms with E-state index in [9.17, 15) is 0 Å². The molecule has 0 saturated carbocycles. The minimum absolute atomic E-state index is 0.219. The van der Waals surface area contributed by atoms with Gasteiger partial charge in [0.05, 0.1) is 12.1 Å². The molecule has 5 nitrogen and oxygen atoms in total. The van der Waals surface area contributed by atoms with Crippen LogP contribution in [0.15, 0.2) is 12.3 Å². The molecule has 0 aliphatic rings. The first-order valence-corrected chi connectivity index (χ1v) is 6.46. The molecule has 18 heavy (non-hydrogen) atoms. The molecular formula is C13H24N4O. The third-order valence-corrected chi connectivity index (χ3v) is 3.18. The Kier molecular flexibility index (Phi) is 5.34. The molecule has 1 unspecified atom stereocenters. The molecule has 1 aromatic heterocycles. The van der Waals surface area contributed by atoms with Crippen molar-refractivity contribution < 1.29 is 4.74 Å². The van der Waals surface area contributed by atoms with Gasteiger partial charge in [-0.3, -0.25) is 0 Å². The van der Waals surface area contributed by atoms with Crippen LogP contribution < -0.4 is 15.8 Å². The highest BCUT2D eigenvalue weighted by Crippen LogP contribution is 2.20. The largest absolute Gasteiger partial charge is 0.478 e. The normalized spacial score (nSPS) is 14.3. The number of hydrogen-bond acceptors (Lipinski definition) is 5. The first kappa shape index (κ1) is 14.7. The topological polar surface area (TPSA) is 73.1 Å². The molecule has 1 heterocycles. The minimum atomic E-state index is -0.219. The second kappa shape index (κ2) is 6.54. The van der Waals surface area contributed by atoms with Gasteiger partial charge in [-0.15, -0.1) is 0 Å². The predicted molar refractivity (Wildman–Crippen MR) is 73.7 cm³/mol. The van der Waals surface area contributed by atoms with E-state index in [-0.39, 0.29) is 5.54 Å². The van der Waals surface area contributed by atoms with E-state index in [1.54, 1.807) is 12.3 Å². The Bertz CT molecular complexity index is 370. The van der Waals surface area contributed by atoms with Crippen molar-refractivity contribution in [3.8, 4) is 5.88 Å². The van der Waals surface area contributed by atoms with E-state index in [0.717, 1.165) is 6.42 Å². The molecule has 0 aromatic carbocycles. The van der Waals surface area contributed by atoms with Crippen LogP contribution in [0.4, 0.5) is 5.95 Å². The number of aromatic nitrogens is 2. The lowest BCUT2D eigenvalue weighted by Gasteiger charge is -2.33. The van der Waals surface area contributed by atoms with Crippen LogP contribution >= 0.6 is 0 Å². The molecule has 3 N–H and O–H groups in total. The average molecular weight is 252 g/mol. The summed E-state index contributed by atoms with van der Waals surface area (Å²) in [5.74, 6) is 1.54. The van der Waals surface area contributed by atoms with E-state index in [0.29, 0.717) is 30.9 Å². The summed E-state index contributed by atoms with van der Waals surface area (Å²) in [5.41, 5.74) is 5.61. The Morgan fingerprint density at radius 3 is 2.78 bits per heavy atom. The van der Waals surface area contributed by atoms with Crippen LogP contribution in [0.25, 0.3) is 0 Å². The lowest BCUT2D eigenvalue weighted by Crippen LogP contribution is -2.47. The van der Waals surface area contributed by atoms with Gasteiger partial charge in [-0.25, -0.2) is 4.98 Å². The van der Waals surface area contributed by atoms with Crippen molar-refractivity contribution in [1.82, 2.24) is 9.97 Å². The number of nitrogens with zero attached hydrogens (tertiary/aromatic N) is 2. The van der Waals surface area contributed by atoms with Gasteiger partial charge in [-0.2, -0.15) is 4.98 Å². The lowest BCUT2D eigenvalue weighted by atomic mass is 9.89. The zero-order valence-electron chi connectivity index (χ0n) is 11.7. The van der Waals surface area contributed by atoms with E-state index >= 15 is 0 Å². The molecule has 0 spiro atoms. The molecule has 1 aromatic rings. The number of anilines is 1. The molecule has 0 radical (unpaired) electrons. The minimum Gasteiger partial charge on any atom is -0.478 e. The molecule has 1 rings (SSSR count). The van der Waals surface area contributed by atoms with Gasteiger partial charge in [-0.05, 0) is 19.3 Å². The lowest BCUT2D eigenvalue weighted by molar-refractivity contribution is 0.304. The molecule has 0 amide bonds. The number of hydrogen-bond donors (Lipinski definition) is 2. The van der Waals surface area contributed by atoms with E-state index in [4.69, 9.17) is 10.5 Å². The zero-order valence-corrected chi connectivity index (χ0v) is 11.7. The van der Waals surface area contributed by atoms with E-state index < -0.39 is 0 Å². The molecule has 0 aliphatic carbocycles. The maximum atomic E-state index is 5.82. The third kappa shape index (κ3) is 3.84. The summed E-state index contributed by atoms with van der Waals surface area (Å²) in [7, 11) is 0. The van der Waals surface area contributed by atoms with Crippen molar-refractivity contribution in [3.05, 3.63) is 12.3 Å². The van der Waals surface area contributed by atoms with Crippen LogP contribution in [0, 0.1) is 5.92 Å². The second-order valence-corrected chi connectivity index (χ2v) is 4.97. The molecule has 0 saturated heterocycles. The molecular weight excluding hydrogens is 228 g/mol. The fraction of sp³-hybridized carbons (Fsp3) is 0.692. The number of nitrogens with two attached hydrogens (primary N) is 1. The first-order chi connectivity index (χ1) is 8.51. The van der Waals surface area contributed by atoms with Crippen molar-refractivity contribution in [2.45, 2.75) is 39.7 Å². The summed E-state index contributed by atoms with van der Waals surface area (Å²) in [6, 6.07) is 1.76. The van der Waals surface area contributed by atoms with Crippen molar-refractivity contribution in [3.63, 3.8) is 0 Å². The quantitative estimate of drug-likeness (QED) is 0.777. The molecule has 5 heteroatoms. The van der Waals surface area contributed by atoms with Gasteiger partial charge in [0.25, 0.3) is 0 Å². The van der Waals surface area contributed by atoms with E-state index in [2.05, 4.69) is 43.0 Å². The van der Waals surface area contributed by atoms with E-state index in [1.807, 2.05) is 0 Å². The Hall–Kier alpha value is -1.36. The van der Waals surface area contributed by atoms with Crippen LogP contribution in [-0.2, 0) is 0 Å². The maximum absolute atomic E-state index is 5.82. The highest BCUT2D eigenvalue weighted by atomic mass is 16.5. The van der Waals surface area contributed by atoms with Crippen LogP contribution in [0.2, 0.25) is 0 Å². The van der Waals surface area contributed by atoms with Gasteiger partial charge in [0, 0.05) is 18.8 Å². The van der Waals surface area contributed by atoms with Crippen LogP contribution in [0.3, 0.4) is 0 Å². The van der Waals surface area contributed by atoms with Gasteiger partial charge in [0.2, 0.25) is 11.8 Å². The highest BCUT2D eigenvalue weighted by Gasteiger charge is 2.27. The fourth-order valence-corrected chi connectivity index (χ4v) is 1.38. The Morgan fingerprint density at radius 2 is 2.22 bits per heavy atom. The Balaban J connectivity index is 2.77. The summed E-state index contributed by atoms with van der Waals surface area (Å²) in [6.07, 6.45) is 2.65. The zero-order chi connectivity index (χ0) is 13.6. The van der Waals surface area contributed by atoms with Crippen molar-refractivity contribution in [2.24, 2.45) is 11.7 Å². The molecule has 102 valence electrons. The fourth-order valence-electron chi connectivity index (χ4n) is 1.38. The summed E-state index contributed by atoms with van der Waals surface area (Å²) in [4.78, 5) is 8.53. The standard InChI is InChI=1S/C13H24N4O/c1-5-8-18-11-6-7-15-12(16-11)17-13(4,9-14)10(2)3/h6-7,10H,5,8-9,14H2,1-4H3,(H,15,16,17). The van der Waals surface area contributed by atoms with Gasteiger partial charge in [-0.1, -0.05) is 20.8 Å². The Labute approximate surface area is 109 Å². The van der Waals surface area contributed by atoms with Crippen LogP contribution in [0.5, 0.6) is 5.88 Å². The number of nitrogens with one attached hydrogen (secondary N) is 1. The molecule has 0 aliphatic heterocycles. The summed E-state index contributed by atoms with van der Waals surface area (Å²) in [6.45, 7) is 9.56. The molecule has 1 atom stereocenters. The number of rotatable bonds is 7. The van der Waals surface area contributed by atoms with Crippen LogP contribution in [0.1, 0.15) is 34.1 Å². The summed E-state index contributed by atoms with van der Waals surface area (Å²) >= 11 is 0. The van der Waals surface area contributed by atoms with Gasteiger partial charge in [0.15, 0.2) is 0 Å². The van der Waals surface area contributed by atoms with E-state index in [1.165, 1.54) is 0 Å². The van der Waals surface area contributed by atoms with Gasteiger partial charge in [0.1, 0.15) is 0 Å². The smallest absolute Gasteiger partial charge is 0.226 e. The average Bonchev–Trinajstić information content (AvgIpc) is 2.36. The van der Waals surface area contributed by atoms with Crippen molar-refractivity contribution >= 4 is 5.95 Å². The molecule has 0 bridgehead atoms. The van der Waals surface area contributed by atoms with Crippen molar-refractivity contribution in [2.75, 3.05) is 18.5 Å². The van der Waals surface area contributed by atoms with Crippen LogP contribution in [-0.4, -0.2) is 28.7 Å². The number of ether oxygens (including phenoxy) is 1. The summed E-state index contributed by atoms with van der Waals surface area (Å²) < 4.78 is 5.48. The monoisotopic (exact) mass is 252 g/mol. The second-order valence-electron chi connectivity index (χ2n) is 4.97. The first-order valence-electron chi connectivity index (χ1n) is 6.46. The van der Waals surface area contributed by atoms with Gasteiger partial charge >= 0.3 is 0 Å². The highest BCUT2D eigenvalue weighted by molar-refractivity contribution is 5.31. The van der Waals surface area contributed by atoms with Gasteiger partial charge < -0.3 is 15.8 Å². The SMILES string of the molecule is CCCOc1ccnc(NC(C)(CN)C(C)C)n1. The third-order valence-electron chi connectivity index (χ3n) is 3.18. The summed E-state index contributed by atoms with van der Waals surface area (Å²) in [5, 5.41) is 3.29. The molecule has 0 fully saturated rings. The predicted octanol–water partition coefficient (Wildman–Crippen LogP) is 2.05. The van der Waals surface area contributed by atoms with Crippen molar-refractivity contribution in [1.29, 1.82) is 0 Å². The maximum Gasteiger partial charge on any atom is 0.226 e.